The molecule has 1 saturated carbocycles. The molecule has 4 rings (SSSR count). The van der Waals surface area contributed by atoms with Crippen molar-refractivity contribution in [3.05, 3.63) is 67.0 Å². The van der Waals surface area contributed by atoms with Crippen LogP contribution in [0, 0.1) is 5.92 Å². The van der Waals surface area contributed by atoms with Crippen molar-refractivity contribution in [2.24, 2.45) is 5.92 Å². The summed E-state index contributed by atoms with van der Waals surface area (Å²) >= 11 is 0. The van der Waals surface area contributed by atoms with Crippen molar-refractivity contribution in [2.45, 2.75) is 31.3 Å². The van der Waals surface area contributed by atoms with Gasteiger partial charge in [0.1, 0.15) is 0 Å². The molecule has 1 aliphatic carbocycles. The Morgan fingerprint density at radius 1 is 1.23 bits per heavy atom. The molecule has 0 radical (unpaired) electrons. The third-order valence-corrected chi connectivity index (χ3v) is 6.21. The van der Waals surface area contributed by atoms with Gasteiger partial charge in [0, 0.05) is 37.8 Å². The summed E-state index contributed by atoms with van der Waals surface area (Å²) in [5.74, 6) is 0.0584. The highest BCUT2D eigenvalue weighted by molar-refractivity contribution is 5.88. The lowest BCUT2D eigenvalue weighted by Crippen LogP contribution is -2.62. The van der Waals surface area contributed by atoms with Gasteiger partial charge in [0.15, 0.2) is 5.60 Å². The summed E-state index contributed by atoms with van der Waals surface area (Å²) in [6.07, 6.45) is 8.62. The fraction of sp³-hybridized carbons (Fsp3) is 0.400. The van der Waals surface area contributed by atoms with E-state index in [0.717, 1.165) is 36.0 Å². The molecular weight excluding hydrogens is 390 g/mol. The Hall–Kier alpha value is -2.99. The maximum absolute atomic E-state index is 13.2. The molecule has 0 spiro atoms. The van der Waals surface area contributed by atoms with E-state index >= 15 is 0 Å². The SMILES string of the molecule is C=CCNC(=O)[C@@]1(Cc2ccc(-c3cccnc3)cc2)CN(C(=O)C2CCC2)CCO1. The summed E-state index contributed by atoms with van der Waals surface area (Å²) in [5, 5.41) is 2.89. The molecule has 1 aromatic heterocycles. The number of rotatable bonds is 7. The Labute approximate surface area is 183 Å². The monoisotopic (exact) mass is 419 g/mol. The number of morpholine rings is 1. The minimum absolute atomic E-state index is 0.103. The van der Waals surface area contributed by atoms with Crippen molar-refractivity contribution < 1.29 is 14.3 Å². The first-order valence-corrected chi connectivity index (χ1v) is 10.9. The van der Waals surface area contributed by atoms with Crippen molar-refractivity contribution in [3.8, 4) is 11.1 Å². The highest BCUT2D eigenvalue weighted by Gasteiger charge is 2.46. The second-order valence-electron chi connectivity index (χ2n) is 8.34. The molecule has 6 nitrogen and oxygen atoms in total. The predicted molar refractivity (Wildman–Crippen MR) is 119 cm³/mol. The number of ether oxygens (including phenoxy) is 1. The van der Waals surface area contributed by atoms with Gasteiger partial charge in [-0.1, -0.05) is 42.8 Å². The lowest BCUT2D eigenvalue weighted by atomic mass is 9.83. The molecule has 1 aliphatic heterocycles. The summed E-state index contributed by atoms with van der Waals surface area (Å²) in [6, 6.07) is 12.0. The van der Waals surface area contributed by atoms with Crippen molar-refractivity contribution in [1.82, 2.24) is 15.2 Å². The lowest BCUT2D eigenvalue weighted by Gasteiger charge is -2.43. The summed E-state index contributed by atoms with van der Waals surface area (Å²) in [6.45, 7) is 5.21. The molecule has 2 aromatic rings. The quantitative estimate of drug-likeness (QED) is 0.701. The van der Waals surface area contributed by atoms with Crippen LogP contribution in [0.25, 0.3) is 11.1 Å². The molecule has 31 heavy (non-hydrogen) atoms. The van der Waals surface area contributed by atoms with E-state index in [9.17, 15) is 9.59 Å². The molecule has 1 saturated heterocycles. The number of nitrogens with one attached hydrogen (secondary N) is 1. The van der Waals surface area contributed by atoms with Crippen LogP contribution in [0.1, 0.15) is 24.8 Å². The summed E-state index contributed by atoms with van der Waals surface area (Å²) in [4.78, 5) is 32.0. The van der Waals surface area contributed by atoms with Crippen molar-refractivity contribution in [2.75, 3.05) is 26.2 Å². The molecule has 6 heteroatoms. The van der Waals surface area contributed by atoms with E-state index in [0.29, 0.717) is 26.1 Å². The topological polar surface area (TPSA) is 71.5 Å². The molecule has 1 N–H and O–H groups in total. The first kappa shape index (κ1) is 21.2. The maximum atomic E-state index is 13.2. The Morgan fingerprint density at radius 3 is 2.68 bits per heavy atom. The molecule has 0 unspecified atom stereocenters. The number of amides is 2. The van der Waals surface area contributed by atoms with Gasteiger partial charge in [-0.25, -0.2) is 0 Å². The first-order chi connectivity index (χ1) is 15.1. The fourth-order valence-electron chi connectivity index (χ4n) is 4.21. The van der Waals surface area contributed by atoms with Crippen LogP contribution in [0.15, 0.2) is 61.4 Å². The third-order valence-electron chi connectivity index (χ3n) is 6.21. The molecule has 2 aliphatic rings. The summed E-state index contributed by atoms with van der Waals surface area (Å²) in [7, 11) is 0. The van der Waals surface area contributed by atoms with Gasteiger partial charge in [-0.2, -0.15) is 0 Å². The highest BCUT2D eigenvalue weighted by atomic mass is 16.5. The zero-order valence-electron chi connectivity index (χ0n) is 17.8. The number of nitrogens with zero attached hydrogens (tertiary/aromatic N) is 2. The Kier molecular flexibility index (Phi) is 6.47. The second kappa shape index (κ2) is 9.43. The molecule has 162 valence electrons. The van der Waals surface area contributed by atoms with Crippen LogP contribution in [0.2, 0.25) is 0 Å². The fourth-order valence-corrected chi connectivity index (χ4v) is 4.21. The van der Waals surface area contributed by atoms with E-state index in [2.05, 4.69) is 16.9 Å². The van der Waals surface area contributed by atoms with Gasteiger partial charge >= 0.3 is 0 Å². The van der Waals surface area contributed by atoms with Crippen LogP contribution in [-0.4, -0.2) is 53.5 Å². The predicted octanol–water partition coefficient (Wildman–Crippen LogP) is 2.99. The van der Waals surface area contributed by atoms with Gasteiger partial charge < -0.3 is 15.0 Å². The van der Waals surface area contributed by atoms with Crippen LogP contribution < -0.4 is 5.32 Å². The molecule has 2 heterocycles. The van der Waals surface area contributed by atoms with E-state index in [-0.39, 0.29) is 24.3 Å². The van der Waals surface area contributed by atoms with Gasteiger partial charge in [-0.15, -0.1) is 6.58 Å². The first-order valence-electron chi connectivity index (χ1n) is 10.9. The van der Waals surface area contributed by atoms with Crippen LogP contribution in [0.5, 0.6) is 0 Å². The van der Waals surface area contributed by atoms with Crippen molar-refractivity contribution in [3.63, 3.8) is 0 Å². The molecular formula is C25H29N3O3. The summed E-state index contributed by atoms with van der Waals surface area (Å²) in [5.41, 5.74) is 1.99. The average Bonchev–Trinajstić information content (AvgIpc) is 2.77. The Bertz CT molecular complexity index is 925. The summed E-state index contributed by atoms with van der Waals surface area (Å²) < 4.78 is 6.10. The molecule has 2 fully saturated rings. The largest absolute Gasteiger partial charge is 0.361 e. The van der Waals surface area contributed by atoms with E-state index < -0.39 is 5.60 Å². The van der Waals surface area contributed by atoms with Crippen LogP contribution >= 0.6 is 0 Å². The molecule has 0 bridgehead atoms. The maximum Gasteiger partial charge on any atom is 0.254 e. The van der Waals surface area contributed by atoms with E-state index in [1.54, 1.807) is 12.3 Å². The zero-order chi connectivity index (χ0) is 21.7. The van der Waals surface area contributed by atoms with E-state index in [1.807, 2.05) is 47.5 Å². The zero-order valence-corrected chi connectivity index (χ0v) is 17.8. The number of aromatic nitrogens is 1. The lowest BCUT2D eigenvalue weighted by molar-refractivity contribution is -0.168. The smallest absolute Gasteiger partial charge is 0.254 e. The minimum atomic E-state index is -1.10. The van der Waals surface area contributed by atoms with Crippen LogP contribution in [0.4, 0.5) is 0 Å². The van der Waals surface area contributed by atoms with E-state index in [1.165, 1.54) is 0 Å². The van der Waals surface area contributed by atoms with Gasteiger partial charge in [-0.3, -0.25) is 14.6 Å². The van der Waals surface area contributed by atoms with Gasteiger partial charge in [0.25, 0.3) is 5.91 Å². The van der Waals surface area contributed by atoms with Crippen LogP contribution in [-0.2, 0) is 20.7 Å². The highest BCUT2D eigenvalue weighted by Crippen LogP contribution is 2.31. The molecule has 1 atom stereocenters. The number of benzene rings is 1. The normalized spacial score (nSPS) is 21.2. The number of pyridine rings is 1. The van der Waals surface area contributed by atoms with Gasteiger partial charge in [0.2, 0.25) is 5.91 Å². The number of hydrogen-bond donors (Lipinski definition) is 1. The molecule has 2 amide bonds. The third kappa shape index (κ3) is 4.69. The average molecular weight is 420 g/mol. The number of hydrogen-bond acceptors (Lipinski definition) is 4. The van der Waals surface area contributed by atoms with Gasteiger partial charge in [-0.05, 0) is 35.6 Å². The second-order valence-corrected chi connectivity index (χ2v) is 8.34. The number of carbonyl (C=O) groups excluding carboxylic acids is 2. The van der Waals surface area contributed by atoms with Gasteiger partial charge in [0.05, 0.1) is 13.2 Å². The Morgan fingerprint density at radius 2 is 2.03 bits per heavy atom. The van der Waals surface area contributed by atoms with Crippen molar-refractivity contribution in [1.29, 1.82) is 0 Å². The molecule has 1 aromatic carbocycles. The minimum Gasteiger partial charge on any atom is -0.361 e. The van der Waals surface area contributed by atoms with Crippen LogP contribution in [0.3, 0.4) is 0 Å². The van der Waals surface area contributed by atoms with E-state index in [4.69, 9.17) is 4.74 Å². The Balaban J connectivity index is 1.55. The number of carbonyl (C=O) groups is 2. The standard InChI is InChI=1S/C25H29N3O3/c1-2-12-27-24(30)25(18-28(14-15-31-25)23(29)21-5-3-6-21)16-19-8-10-20(11-9-19)22-7-4-13-26-17-22/h2,4,7-11,13,17,21H,1,3,5-6,12,14-16,18H2,(H,27,30)/t25-/m1/s1. The van der Waals surface area contributed by atoms with Crippen molar-refractivity contribution >= 4 is 11.8 Å².